The Kier molecular flexibility index (Phi) is 18.2. The Hall–Kier alpha value is -5.85. The van der Waals surface area contributed by atoms with Crippen molar-refractivity contribution in [2.75, 3.05) is 25.5 Å². The molecule has 7 N–H and O–H groups in total. The lowest BCUT2D eigenvalue weighted by molar-refractivity contribution is -0.156. The topological polar surface area (TPSA) is 248 Å². The molecular weight excluding hydrogens is 813 g/mol. The van der Waals surface area contributed by atoms with Crippen LogP contribution in [0.3, 0.4) is 0 Å². The molecule has 1 aliphatic rings. The summed E-state index contributed by atoms with van der Waals surface area (Å²) in [4.78, 5) is 89.6. The fourth-order valence-corrected chi connectivity index (χ4v) is 6.79. The fourth-order valence-electron chi connectivity index (χ4n) is 6.79. The molecule has 63 heavy (non-hydrogen) atoms. The molecular formula is C45H64N8O10. The van der Waals surface area contributed by atoms with Crippen LogP contribution in [0.1, 0.15) is 107 Å². The first kappa shape index (κ1) is 49.8. The predicted octanol–water partition coefficient (Wildman–Crippen LogP) is 3.29. The molecule has 3 amide bonds. The maximum Gasteiger partial charge on any atom is 0.308 e. The highest BCUT2D eigenvalue weighted by Crippen LogP contribution is 2.27. The summed E-state index contributed by atoms with van der Waals surface area (Å²) < 4.78 is 15.6. The normalized spacial score (nSPS) is 15.5. The minimum Gasteiger partial charge on any atom is -0.469 e. The number of carbonyl (C=O) groups excluding carboxylic acids is 6. The smallest absolute Gasteiger partial charge is 0.308 e. The molecule has 0 radical (unpaired) electrons. The zero-order valence-electron chi connectivity index (χ0n) is 37.4. The molecule has 0 fully saturated rings. The van der Waals surface area contributed by atoms with Crippen molar-refractivity contribution in [3.8, 4) is 0 Å². The van der Waals surface area contributed by atoms with Gasteiger partial charge in [0.05, 0.1) is 26.1 Å². The van der Waals surface area contributed by atoms with Crippen molar-refractivity contribution in [2.24, 2.45) is 5.73 Å². The van der Waals surface area contributed by atoms with Crippen molar-refractivity contribution in [3.05, 3.63) is 83.4 Å². The minimum absolute atomic E-state index is 0.0375. The molecule has 1 aliphatic heterocycles. The number of aromatic amines is 1. The van der Waals surface area contributed by atoms with Gasteiger partial charge in [-0.15, -0.1) is 0 Å². The van der Waals surface area contributed by atoms with Crippen molar-refractivity contribution in [1.29, 1.82) is 0 Å². The standard InChI is InChI=1S/C45H64N8O10/c1-44(2,3)62-37(54)18-15-32(46)40(57)51-34(17-19-38(55)63-45(4,5)6)41(58)49-20-11-23-52-27-31-24-30(14-16-33(31)50-35(43(52)60)25-39(56)61-7)42(59)53(28-36-47-21-22-48-36)26-29-12-9-8-10-13-29/h8-10,12-14,16,21-22,24,32,34-35,40,50-51,57H,11,15,17-20,23,25-28,46H2,1-7H3,(H,47,48)(H,49,58)/t32-,34-,35-,40+/m0/s1. The number of anilines is 1. The van der Waals surface area contributed by atoms with Crippen molar-refractivity contribution >= 4 is 41.3 Å². The largest absolute Gasteiger partial charge is 0.469 e. The van der Waals surface area contributed by atoms with Gasteiger partial charge in [0, 0.05) is 68.7 Å². The van der Waals surface area contributed by atoms with Crippen molar-refractivity contribution in [3.63, 3.8) is 0 Å². The Bertz CT molecular complexity index is 2000. The van der Waals surface area contributed by atoms with Gasteiger partial charge in [0.15, 0.2) is 0 Å². The number of fused-ring (bicyclic) bond motifs is 1. The maximum absolute atomic E-state index is 14.1. The van der Waals surface area contributed by atoms with Crippen LogP contribution in [-0.4, -0.2) is 116 Å². The maximum atomic E-state index is 14.1. The number of ether oxygens (including phenoxy) is 3. The zero-order chi connectivity index (χ0) is 46.3. The van der Waals surface area contributed by atoms with Gasteiger partial charge in [0.25, 0.3) is 5.91 Å². The predicted molar refractivity (Wildman–Crippen MR) is 233 cm³/mol. The molecule has 0 unspecified atom stereocenters. The molecule has 0 aliphatic carbocycles. The number of nitrogens with one attached hydrogen (secondary N) is 4. The zero-order valence-corrected chi connectivity index (χ0v) is 37.4. The van der Waals surface area contributed by atoms with Crippen molar-refractivity contribution in [2.45, 2.75) is 135 Å². The van der Waals surface area contributed by atoms with E-state index in [0.29, 0.717) is 29.2 Å². The van der Waals surface area contributed by atoms with E-state index in [0.717, 1.165) is 5.56 Å². The summed E-state index contributed by atoms with van der Waals surface area (Å²) >= 11 is 0. The van der Waals surface area contributed by atoms with Crippen LogP contribution in [0.5, 0.6) is 0 Å². The van der Waals surface area contributed by atoms with Gasteiger partial charge in [-0.1, -0.05) is 30.3 Å². The van der Waals surface area contributed by atoms with Crippen LogP contribution >= 0.6 is 0 Å². The number of hydrogen-bond acceptors (Lipinski definition) is 14. The number of benzene rings is 2. The second-order valence-corrected chi connectivity index (χ2v) is 17.5. The number of nitrogens with two attached hydrogens (primary N) is 1. The minimum atomic E-state index is -1.41. The number of hydrogen-bond donors (Lipinski definition) is 6. The third-order valence-corrected chi connectivity index (χ3v) is 9.81. The van der Waals surface area contributed by atoms with Crippen LogP contribution in [0.15, 0.2) is 60.9 Å². The third-order valence-electron chi connectivity index (χ3n) is 9.81. The summed E-state index contributed by atoms with van der Waals surface area (Å²) in [6.45, 7) is 11.3. The van der Waals surface area contributed by atoms with E-state index in [1.54, 1.807) is 81.9 Å². The summed E-state index contributed by atoms with van der Waals surface area (Å²) in [6.07, 6.45) is 1.76. The number of imidazole rings is 1. The Labute approximate surface area is 369 Å². The number of H-pyrrole nitrogens is 1. The Balaban J connectivity index is 1.47. The van der Waals surface area contributed by atoms with Gasteiger partial charge in [0.1, 0.15) is 29.3 Å². The Morgan fingerprint density at radius 1 is 0.952 bits per heavy atom. The molecule has 18 nitrogen and oxygen atoms in total. The first-order valence-electron chi connectivity index (χ1n) is 21.2. The van der Waals surface area contributed by atoms with E-state index in [2.05, 4.69) is 25.9 Å². The average molecular weight is 877 g/mol. The van der Waals surface area contributed by atoms with Crippen LogP contribution in [0, 0.1) is 0 Å². The quantitative estimate of drug-likeness (QED) is 0.0389. The molecule has 0 spiro atoms. The molecule has 18 heteroatoms. The molecule has 2 heterocycles. The second kappa shape index (κ2) is 23.0. The van der Waals surface area contributed by atoms with E-state index in [1.807, 2.05) is 30.3 Å². The van der Waals surface area contributed by atoms with Crippen molar-refractivity contribution in [1.82, 2.24) is 30.4 Å². The molecule has 3 aromatic rings. The van der Waals surface area contributed by atoms with Gasteiger partial charge in [0.2, 0.25) is 11.8 Å². The Morgan fingerprint density at radius 3 is 2.24 bits per heavy atom. The van der Waals surface area contributed by atoms with Gasteiger partial charge < -0.3 is 50.5 Å². The molecule has 2 aromatic carbocycles. The molecule has 4 atom stereocenters. The number of carbonyl (C=O) groups is 6. The van der Waals surface area contributed by atoms with Crippen LogP contribution in [0.4, 0.5) is 5.69 Å². The lowest BCUT2D eigenvalue weighted by atomic mass is 10.1. The van der Waals surface area contributed by atoms with Crippen molar-refractivity contribution < 1.29 is 48.1 Å². The second-order valence-electron chi connectivity index (χ2n) is 17.5. The van der Waals surface area contributed by atoms with Gasteiger partial charge in [-0.25, -0.2) is 4.98 Å². The first-order chi connectivity index (χ1) is 29.7. The molecule has 1 aromatic heterocycles. The monoisotopic (exact) mass is 876 g/mol. The lowest BCUT2D eigenvalue weighted by Crippen LogP contribution is -2.54. The van der Waals surface area contributed by atoms with E-state index >= 15 is 0 Å². The number of rotatable bonds is 21. The summed E-state index contributed by atoms with van der Waals surface area (Å²) in [5, 5.41) is 19.7. The number of methoxy groups -OCH3 is 1. The highest BCUT2D eigenvalue weighted by Gasteiger charge is 2.33. The average Bonchev–Trinajstić information content (AvgIpc) is 3.69. The molecule has 0 saturated carbocycles. The van der Waals surface area contributed by atoms with E-state index in [4.69, 9.17) is 19.9 Å². The summed E-state index contributed by atoms with van der Waals surface area (Å²) in [6, 6.07) is 11.7. The van der Waals surface area contributed by atoms with Gasteiger partial charge in [-0.3, -0.25) is 34.1 Å². The highest BCUT2D eigenvalue weighted by atomic mass is 16.6. The summed E-state index contributed by atoms with van der Waals surface area (Å²) in [5.74, 6) is -2.15. The van der Waals surface area contributed by atoms with E-state index in [9.17, 15) is 33.9 Å². The number of esters is 3. The number of aromatic nitrogens is 2. The lowest BCUT2D eigenvalue weighted by Gasteiger charge is -2.27. The van der Waals surface area contributed by atoms with Crippen LogP contribution in [0.2, 0.25) is 0 Å². The van der Waals surface area contributed by atoms with E-state index in [1.165, 1.54) is 7.11 Å². The number of aliphatic hydroxyl groups excluding tert-OH is 1. The highest BCUT2D eigenvalue weighted by molar-refractivity contribution is 5.96. The van der Waals surface area contributed by atoms with Crippen LogP contribution in [0.25, 0.3) is 0 Å². The fraction of sp³-hybridized carbons (Fsp3) is 0.533. The SMILES string of the molecule is COC(=O)C[C@@H]1Nc2ccc(C(=O)N(Cc3ccccc3)Cc3ncc[nH]3)cc2CN(CCCNC(=O)[C@H](CCC(=O)OC(C)(C)C)N[C@H](O)[C@@H](N)CCC(=O)OC(C)(C)C)C1=O. The summed E-state index contributed by atoms with van der Waals surface area (Å²) in [7, 11) is 1.24. The molecule has 0 saturated heterocycles. The van der Waals surface area contributed by atoms with Crippen LogP contribution < -0.4 is 21.7 Å². The Morgan fingerprint density at radius 2 is 1.62 bits per heavy atom. The number of aliphatic hydroxyl groups is 1. The molecule has 4 rings (SSSR count). The van der Waals surface area contributed by atoms with Gasteiger partial charge in [-0.05, 0) is 90.1 Å². The number of nitrogens with zero attached hydrogens (tertiary/aromatic N) is 3. The van der Waals surface area contributed by atoms with Crippen LogP contribution in [-0.2, 0) is 57.8 Å². The summed E-state index contributed by atoms with van der Waals surface area (Å²) in [5.41, 5.74) is 7.30. The van der Waals surface area contributed by atoms with Gasteiger partial charge >= 0.3 is 17.9 Å². The molecule has 0 bridgehead atoms. The van der Waals surface area contributed by atoms with E-state index in [-0.39, 0.29) is 76.5 Å². The van der Waals surface area contributed by atoms with E-state index < -0.39 is 59.4 Å². The number of amides is 3. The molecule has 344 valence electrons. The third kappa shape index (κ3) is 16.7. The first-order valence-corrected chi connectivity index (χ1v) is 21.2. The van der Waals surface area contributed by atoms with Gasteiger partial charge in [-0.2, -0.15) is 0 Å².